The molecule has 0 bridgehead atoms. The molecule has 7 heteroatoms. The SMILES string of the molecule is Cc1noc(-c2ccccc2C(=O)N2CCCC(C(C)N)C2)n1.Cl. The lowest BCUT2D eigenvalue weighted by molar-refractivity contribution is 0.0661. The molecule has 2 heterocycles. The van der Waals surface area contributed by atoms with Crippen LogP contribution in [0.25, 0.3) is 11.5 Å². The molecule has 1 fully saturated rings. The van der Waals surface area contributed by atoms with Gasteiger partial charge in [-0.05, 0) is 44.7 Å². The van der Waals surface area contributed by atoms with Crippen molar-refractivity contribution in [2.24, 2.45) is 11.7 Å². The number of likely N-dealkylation sites (tertiary alicyclic amines) is 1. The molecule has 2 N–H and O–H groups in total. The van der Waals surface area contributed by atoms with Crippen molar-refractivity contribution in [2.75, 3.05) is 13.1 Å². The maximum absolute atomic E-state index is 13.0. The van der Waals surface area contributed by atoms with Crippen molar-refractivity contribution in [1.82, 2.24) is 15.0 Å². The first-order valence-electron chi connectivity index (χ1n) is 8.01. The van der Waals surface area contributed by atoms with Gasteiger partial charge in [-0.3, -0.25) is 4.79 Å². The van der Waals surface area contributed by atoms with Crippen LogP contribution in [0.5, 0.6) is 0 Å². The number of aromatic nitrogens is 2. The molecular formula is C17H23ClN4O2. The van der Waals surface area contributed by atoms with Crippen LogP contribution in [-0.4, -0.2) is 40.1 Å². The third kappa shape index (κ3) is 3.76. The minimum absolute atomic E-state index is 0. The zero-order valence-corrected chi connectivity index (χ0v) is 14.8. The normalized spacial score (nSPS) is 18.8. The second kappa shape index (κ2) is 7.77. The number of piperidine rings is 1. The van der Waals surface area contributed by atoms with Crippen LogP contribution in [0.4, 0.5) is 0 Å². The van der Waals surface area contributed by atoms with Crippen molar-refractivity contribution >= 4 is 18.3 Å². The van der Waals surface area contributed by atoms with Crippen molar-refractivity contribution < 1.29 is 9.32 Å². The monoisotopic (exact) mass is 350 g/mol. The van der Waals surface area contributed by atoms with E-state index in [1.165, 1.54) is 0 Å². The number of hydrogen-bond donors (Lipinski definition) is 1. The highest BCUT2D eigenvalue weighted by atomic mass is 35.5. The Morgan fingerprint density at radius 2 is 2.17 bits per heavy atom. The molecule has 0 aliphatic carbocycles. The van der Waals surface area contributed by atoms with E-state index >= 15 is 0 Å². The van der Waals surface area contributed by atoms with E-state index < -0.39 is 0 Å². The zero-order chi connectivity index (χ0) is 16.4. The smallest absolute Gasteiger partial charge is 0.258 e. The Morgan fingerprint density at radius 3 is 2.83 bits per heavy atom. The van der Waals surface area contributed by atoms with Crippen LogP contribution >= 0.6 is 12.4 Å². The number of benzene rings is 1. The van der Waals surface area contributed by atoms with E-state index in [0.717, 1.165) is 19.4 Å². The molecule has 3 rings (SSSR count). The molecule has 1 aliphatic rings. The molecule has 0 spiro atoms. The molecular weight excluding hydrogens is 328 g/mol. The van der Waals surface area contributed by atoms with Gasteiger partial charge in [0.05, 0.1) is 11.1 Å². The average Bonchev–Trinajstić information content (AvgIpc) is 3.00. The summed E-state index contributed by atoms with van der Waals surface area (Å²) in [7, 11) is 0. The summed E-state index contributed by atoms with van der Waals surface area (Å²) in [6.45, 7) is 5.23. The van der Waals surface area contributed by atoms with Gasteiger partial charge in [-0.25, -0.2) is 0 Å². The van der Waals surface area contributed by atoms with Crippen molar-refractivity contribution in [3.63, 3.8) is 0 Å². The highest BCUT2D eigenvalue weighted by Gasteiger charge is 2.28. The maximum atomic E-state index is 13.0. The molecule has 1 aliphatic heterocycles. The average molecular weight is 351 g/mol. The van der Waals surface area contributed by atoms with Gasteiger partial charge in [0.15, 0.2) is 5.82 Å². The topological polar surface area (TPSA) is 85.2 Å². The van der Waals surface area contributed by atoms with Gasteiger partial charge in [0.2, 0.25) is 0 Å². The van der Waals surface area contributed by atoms with Crippen molar-refractivity contribution in [3.8, 4) is 11.5 Å². The van der Waals surface area contributed by atoms with Gasteiger partial charge in [-0.1, -0.05) is 17.3 Å². The van der Waals surface area contributed by atoms with Gasteiger partial charge in [-0.15, -0.1) is 12.4 Å². The fourth-order valence-electron chi connectivity index (χ4n) is 3.06. The van der Waals surface area contributed by atoms with Gasteiger partial charge < -0.3 is 15.2 Å². The predicted octanol–water partition coefficient (Wildman–Crippen LogP) is 2.67. The summed E-state index contributed by atoms with van der Waals surface area (Å²) in [5.74, 6) is 1.29. The predicted molar refractivity (Wildman–Crippen MR) is 94.0 cm³/mol. The van der Waals surface area contributed by atoms with Crippen LogP contribution < -0.4 is 5.73 Å². The van der Waals surface area contributed by atoms with E-state index in [9.17, 15) is 4.79 Å². The summed E-state index contributed by atoms with van der Waals surface area (Å²) in [6.07, 6.45) is 2.06. The van der Waals surface area contributed by atoms with Crippen molar-refractivity contribution in [2.45, 2.75) is 32.7 Å². The van der Waals surface area contributed by atoms with E-state index in [1.54, 1.807) is 6.92 Å². The van der Waals surface area contributed by atoms with Gasteiger partial charge in [0.1, 0.15) is 0 Å². The second-order valence-electron chi connectivity index (χ2n) is 6.20. The van der Waals surface area contributed by atoms with Gasteiger partial charge in [-0.2, -0.15) is 4.98 Å². The number of nitrogens with two attached hydrogens (primary N) is 1. The molecule has 1 aromatic carbocycles. The summed E-state index contributed by atoms with van der Waals surface area (Å²) in [6, 6.07) is 7.47. The number of carbonyl (C=O) groups excluding carboxylic acids is 1. The third-order valence-corrected chi connectivity index (χ3v) is 4.40. The fourth-order valence-corrected chi connectivity index (χ4v) is 3.06. The standard InChI is InChI=1S/C17H22N4O2.ClH/c1-11(18)13-6-5-9-21(10-13)17(22)15-8-4-3-7-14(15)16-19-12(2)20-23-16;/h3-4,7-8,11,13H,5-6,9-10,18H2,1-2H3;1H. The minimum Gasteiger partial charge on any atom is -0.338 e. The Labute approximate surface area is 147 Å². The van der Waals surface area contributed by atoms with Gasteiger partial charge >= 0.3 is 0 Å². The number of hydrogen-bond acceptors (Lipinski definition) is 5. The lowest BCUT2D eigenvalue weighted by atomic mass is 9.91. The first kappa shape index (κ1) is 18.4. The van der Waals surface area contributed by atoms with Crippen LogP contribution in [0, 0.1) is 12.8 Å². The van der Waals surface area contributed by atoms with Crippen LogP contribution in [0.1, 0.15) is 35.9 Å². The fraction of sp³-hybridized carbons (Fsp3) is 0.471. The van der Waals surface area contributed by atoms with E-state index in [-0.39, 0.29) is 24.4 Å². The molecule has 130 valence electrons. The zero-order valence-electron chi connectivity index (χ0n) is 13.9. The van der Waals surface area contributed by atoms with E-state index in [4.69, 9.17) is 10.3 Å². The first-order chi connectivity index (χ1) is 11.1. The van der Waals surface area contributed by atoms with Crippen molar-refractivity contribution in [3.05, 3.63) is 35.7 Å². The molecule has 1 saturated heterocycles. The Hall–Kier alpha value is -1.92. The van der Waals surface area contributed by atoms with Crippen LogP contribution in [0.2, 0.25) is 0 Å². The Bertz CT molecular complexity index is 701. The van der Waals surface area contributed by atoms with Crippen LogP contribution in [0.15, 0.2) is 28.8 Å². The summed E-state index contributed by atoms with van der Waals surface area (Å²) >= 11 is 0. The molecule has 24 heavy (non-hydrogen) atoms. The Morgan fingerprint density at radius 1 is 1.42 bits per heavy atom. The molecule has 0 radical (unpaired) electrons. The molecule has 6 nitrogen and oxygen atoms in total. The molecule has 2 aromatic rings. The molecule has 2 atom stereocenters. The Balaban J connectivity index is 0.00000208. The minimum atomic E-state index is 0. The lowest BCUT2D eigenvalue weighted by Crippen LogP contribution is -2.45. The number of rotatable bonds is 3. The summed E-state index contributed by atoms with van der Waals surface area (Å²) in [4.78, 5) is 19.1. The van der Waals surface area contributed by atoms with E-state index in [1.807, 2.05) is 36.1 Å². The first-order valence-corrected chi connectivity index (χ1v) is 8.01. The number of carbonyl (C=O) groups is 1. The highest BCUT2D eigenvalue weighted by molar-refractivity contribution is 6.00. The molecule has 1 amide bonds. The summed E-state index contributed by atoms with van der Waals surface area (Å²) in [5, 5.41) is 3.81. The lowest BCUT2D eigenvalue weighted by Gasteiger charge is -2.34. The number of amides is 1. The summed E-state index contributed by atoms with van der Waals surface area (Å²) < 4.78 is 5.24. The Kier molecular flexibility index (Phi) is 5.96. The van der Waals surface area contributed by atoms with Gasteiger partial charge in [0.25, 0.3) is 11.8 Å². The molecule has 2 unspecified atom stereocenters. The second-order valence-corrected chi connectivity index (χ2v) is 6.20. The molecule has 0 saturated carbocycles. The van der Waals surface area contributed by atoms with Crippen LogP contribution in [0.3, 0.4) is 0 Å². The maximum Gasteiger partial charge on any atom is 0.258 e. The number of aryl methyl sites for hydroxylation is 1. The summed E-state index contributed by atoms with van der Waals surface area (Å²) in [5.41, 5.74) is 7.30. The number of halogens is 1. The number of nitrogens with zero attached hydrogens (tertiary/aromatic N) is 3. The van der Waals surface area contributed by atoms with Gasteiger partial charge in [0, 0.05) is 19.1 Å². The highest BCUT2D eigenvalue weighted by Crippen LogP contribution is 2.26. The van der Waals surface area contributed by atoms with E-state index in [2.05, 4.69) is 10.1 Å². The quantitative estimate of drug-likeness (QED) is 0.919. The van der Waals surface area contributed by atoms with Crippen LogP contribution in [-0.2, 0) is 0 Å². The molecule has 1 aromatic heterocycles. The van der Waals surface area contributed by atoms with E-state index in [0.29, 0.717) is 35.3 Å². The third-order valence-electron chi connectivity index (χ3n) is 4.40. The van der Waals surface area contributed by atoms with Crippen molar-refractivity contribution in [1.29, 1.82) is 0 Å². The largest absolute Gasteiger partial charge is 0.338 e.